The molecule has 0 radical (unpaired) electrons. The highest BCUT2D eigenvalue weighted by atomic mass is 32.2. The molecule has 4 aromatic rings. The molecule has 2 aliphatic heterocycles. The summed E-state index contributed by atoms with van der Waals surface area (Å²) in [5.41, 5.74) is 2.66. The topological polar surface area (TPSA) is 95.4 Å². The fourth-order valence-electron chi connectivity index (χ4n) is 5.11. The zero-order valence-corrected chi connectivity index (χ0v) is 21.0. The van der Waals surface area contributed by atoms with E-state index < -0.39 is 55.9 Å². The van der Waals surface area contributed by atoms with Crippen LogP contribution < -0.4 is 15.2 Å². The number of halogens is 4. The summed E-state index contributed by atoms with van der Waals surface area (Å²) in [6, 6.07) is 10.5. The predicted octanol–water partition coefficient (Wildman–Crippen LogP) is 5.15. The number of nitrogens with one attached hydrogen (secondary N) is 2. The van der Waals surface area contributed by atoms with Gasteiger partial charge in [-0.25, -0.2) is 21.8 Å². The van der Waals surface area contributed by atoms with Crippen LogP contribution in [0.25, 0.3) is 22.0 Å². The summed E-state index contributed by atoms with van der Waals surface area (Å²) in [6.45, 7) is 0.672. The Balaban J connectivity index is 1.50. The molecule has 200 valence electrons. The summed E-state index contributed by atoms with van der Waals surface area (Å²) < 4.78 is 83.7. The highest BCUT2D eigenvalue weighted by Gasteiger charge is 2.36. The number of rotatable bonds is 4. The fourth-order valence-corrected chi connectivity index (χ4v) is 6.65. The molecule has 1 aromatic heterocycles. The molecule has 0 aliphatic carbocycles. The van der Waals surface area contributed by atoms with Gasteiger partial charge in [-0.05, 0) is 35.9 Å². The number of amides is 1. The number of aromatic nitrogens is 1. The SMILES string of the molecule is N=S1(=O)CC(c2c(C(=O)NN3CCOc4ccccc43)cnc3c(-c4cc(F)cc(F)c4F)c(F)ccc23)C1. The first kappa shape index (κ1) is 25.1. The summed E-state index contributed by atoms with van der Waals surface area (Å²) in [6.07, 6.45) is 1.18. The average molecular weight is 557 g/mol. The van der Waals surface area contributed by atoms with Crippen molar-refractivity contribution in [3.8, 4) is 16.9 Å². The number of anilines is 1. The van der Waals surface area contributed by atoms with E-state index in [-0.39, 0.29) is 28.0 Å². The third-order valence-corrected chi connectivity index (χ3v) is 8.73. The maximum absolute atomic E-state index is 15.1. The largest absolute Gasteiger partial charge is 0.489 e. The number of hydrogen-bond donors (Lipinski definition) is 2. The highest BCUT2D eigenvalue weighted by Crippen LogP contribution is 2.41. The molecule has 1 fully saturated rings. The smallest absolute Gasteiger partial charge is 0.271 e. The second-order valence-electron chi connectivity index (χ2n) is 9.40. The van der Waals surface area contributed by atoms with E-state index in [1.54, 1.807) is 29.3 Å². The second-order valence-corrected chi connectivity index (χ2v) is 11.7. The summed E-state index contributed by atoms with van der Waals surface area (Å²) in [5, 5.41) is 1.84. The quantitative estimate of drug-likeness (QED) is 0.268. The van der Waals surface area contributed by atoms with E-state index in [0.717, 1.165) is 6.07 Å². The van der Waals surface area contributed by atoms with Crippen LogP contribution in [0.3, 0.4) is 0 Å². The van der Waals surface area contributed by atoms with Gasteiger partial charge in [-0.3, -0.25) is 25.0 Å². The fraction of sp³-hybridized carbons (Fsp3) is 0.185. The van der Waals surface area contributed by atoms with Crippen LogP contribution in [-0.2, 0) is 9.73 Å². The van der Waals surface area contributed by atoms with Gasteiger partial charge in [-0.15, -0.1) is 0 Å². The first-order chi connectivity index (χ1) is 18.6. The normalized spacial score (nSPS) is 20.2. The lowest BCUT2D eigenvalue weighted by Gasteiger charge is -2.33. The van der Waals surface area contributed by atoms with Crippen molar-refractivity contribution in [2.24, 2.45) is 0 Å². The van der Waals surface area contributed by atoms with Crippen molar-refractivity contribution in [1.29, 1.82) is 4.78 Å². The predicted molar refractivity (Wildman–Crippen MR) is 137 cm³/mol. The van der Waals surface area contributed by atoms with Gasteiger partial charge in [0.15, 0.2) is 11.6 Å². The number of carbonyl (C=O) groups excluding carboxylic acids is 1. The number of nitrogens with zero attached hydrogens (tertiary/aromatic N) is 2. The Morgan fingerprint density at radius 2 is 1.85 bits per heavy atom. The third-order valence-electron chi connectivity index (χ3n) is 6.85. The highest BCUT2D eigenvalue weighted by molar-refractivity contribution is 7.93. The van der Waals surface area contributed by atoms with Crippen molar-refractivity contribution in [1.82, 2.24) is 10.4 Å². The molecule has 0 bridgehead atoms. The minimum absolute atomic E-state index is 0.0392. The number of hydrogen-bond acceptors (Lipinski definition) is 6. The van der Waals surface area contributed by atoms with Crippen molar-refractivity contribution in [2.45, 2.75) is 5.92 Å². The molecular weight excluding hydrogens is 536 g/mol. The summed E-state index contributed by atoms with van der Waals surface area (Å²) in [7, 11) is -2.86. The maximum Gasteiger partial charge on any atom is 0.271 e. The van der Waals surface area contributed by atoms with Crippen LogP contribution in [0.5, 0.6) is 5.75 Å². The molecule has 3 aromatic carbocycles. The van der Waals surface area contributed by atoms with Gasteiger partial charge in [-0.2, -0.15) is 0 Å². The van der Waals surface area contributed by atoms with E-state index in [4.69, 9.17) is 9.52 Å². The molecule has 1 amide bonds. The number of fused-ring (bicyclic) bond motifs is 2. The Bertz CT molecular complexity index is 1770. The Hall–Kier alpha value is -4.19. The van der Waals surface area contributed by atoms with E-state index in [1.165, 1.54) is 12.3 Å². The molecule has 2 aliphatic rings. The summed E-state index contributed by atoms with van der Waals surface area (Å²) in [4.78, 5) is 17.8. The lowest BCUT2D eigenvalue weighted by molar-refractivity contribution is 0.0943. The number of para-hydroxylation sites is 2. The molecule has 39 heavy (non-hydrogen) atoms. The van der Waals surface area contributed by atoms with Gasteiger partial charge in [0.25, 0.3) is 5.91 Å². The van der Waals surface area contributed by atoms with Crippen LogP contribution in [0, 0.1) is 28.0 Å². The van der Waals surface area contributed by atoms with Crippen LogP contribution in [0.15, 0.2) is 54.7 Å². The lowest BCUT2D eigenvalue weighted by atomic mass is 9.90. The molecular formula is C27H20F4N4O3S. The zero-order valence-electron chi connectivity index (χ0n) is 20.1. The van der Waals surface area contributed by atoms with Crippen molar-refractivity contribution in [3.05, 3.63) is 89.1 Å². The van der Waals surface area contributed by atoms with Gasteiger partial charge in [0, 0.05) is 55.9 Å². The lowest BCUT2D eigenvalue weighted by Crippen LogP contribution is -2.47. The number of benzene rings is 3. The van der Waals surface area contributed by atoms with Crippen LogP contribution in [0.2, 0.25) is 0 Å². The van der Waals surface area contributed by atoms with Gasteiger partial charge < -0.3 is 4.74 Å². The summed E-state index contributed by atoms with van der Waals surface area (Å²) in [5.74, 6) is -5.57. The number of carbonyl (C=O) groups is 1. The van der Waals surface area contributed by atoms with E-state index in [0.29, 0.717) is 42.3 Å². The second kappa shape index (κ2) is 9.23. The standard InChI is InChI=1S/C27H20F4N4O3S/c28-15-9-17(25(31)20(30)10-15)24-19(29)6-5-16-23(14-12-39(32,37)13-14)18(11-33-26(16)24)27(36)34-35-7-8-38-22-4-2-1-3-21(22)35/h1-6,9-11,14,32H,7-8,12-13H2,(H,34,36). The van der Waals surface area contributed by atoms with Gasteiger partial charge in [-0.1, -0.05) is 12.1 Å². The molecule has 3 heterocycles. The average Bonchev–Trinajstić information content (AvgIpc) is 2.89. The Labute approximate surface area is 220 Å². The number of pyridine rings is 1. The van der Waals surface area contributed by atoms with Crippen LogP contribution >= 0.6 is 0 Å². The molecule has 7 nitrogen and oxygen atoms in total. The molecule has 1 saturated heterocycles. The van der Waals surface area contributed by atoms with Crippen molar-refractivity contribution in [2.75, 3.05) is 29.7 Å². The van der Waals surface area contributed by atoms with Gasteiger partial charge in [0.05, 0.1) is 23.3 Å². The number of ether oxygens (including phenoxy) is 1. The first-order valence-corrected chi connectivity index (χ1v) is 13.8. The molecule has 2 N–H and O–H groups in total. The van der Waals surface area contributed by atoms with Crippen molar-refractivity contribution >= 4 is 32.2 Å². The van der Waals surface area contributed by atoms with Crippen LogP contribution in [-0.4, -0.2) is 39.8 Å². The molecule has 0 unspecified atom stereocenters. The Morgan fingerprint density at radius 3 is 2.62 bits per heavy atom. The first-order valence-electron chi connectivity index (χ1n) is 11.9. The van der Waals surface area contributed by atoms with Gasteiger partial charge in [0.1, 0.15) is 24.0 Å². The minimum atomic E-state index is -2.86. The maximum atomic E-state index is 15.1. The van der Waals surface area contributed by atoms with E-state index in [2.05, 4.69) is 10.4 Å². The minimum Gasteiger partial charge on any atom is -0.489 e. The molecule has 0 spiro atoms. The van der Waals surface area contributed by atoms with Crippen LogP contribution in [0.4, 0.5) is 23.2 Å². The monoisotopic (exact) mass is 556 g/mol. The zero-order chi connectivity index (χ0) is 27.5. The molecule has 6 rings (SSSR count). The Kier molecular flexibility index (Phi) is 5.94. The van der Waals surface area contributed by atoms with E-state index in [9.17, 15) is 22.2 Å². The van der Waals surface area contributed by atoms with Gasteiger partial charge in [0.2, 0.25) is 0 Å². The van der Waals surface area contributed by atoms with Crippen molar-refractivity contribution < 1.29 is 31.3 Å². The third kappa shape index (κ3) is 4.34. The van der Waals surface area contributed by atoms with Crippen LogP contribution in [0.1, 0.15) is 21.8 Å². The van der Waals surface area contributed by atoms with E-state index in [1.807, 2.05) is 0 Å². The molecule has 12 heteroatoms. The molecule has 0 atom stereocenters. The summed E-state index contributed by atoms with van der Waals surface area (Å²) >= 11 is 0. The number of hydrazine groups is 1. The van der Waals surface area contributed by atoms with Gasteiger partial charge >= 0.3 is 0 Å². The van der Waals surface area contributed by atoms with E-state index >= 15 is 4.39 Å². The van der Waals surface area contributed by atoms with Crippen molar-refractivity contribution in [3.63, 3.8) is 0 Å². The molecule has 0 saturated carbocycles. The Morgan fingerprint density at radius 1 is 1.08 bits per heavy atom.